The van der Waals surface area contributed by atoms with Gasteiger partial charge < -0.3 is 19.4 Å². The zero-order valence-corrected chi connectivity index (χ0v) is 14.4. The number of furan rings is 1. The highest BCUT2D eigenvalue weighted by Crippen LogP contribution is 2.18. The van der Waals surface area contributed by atoms with Gasteiger partial charge in [0.1, 0.15) is 24.2 Å². The molecule has 1 fully saturated rings. The van der Waals surface area contributed by atoms with E-state index < -0.39 is 6.04 Å². The predicted molar refractivity (Wildman–Crippen MR) is 91.6 cm³/mol. The standard InChI is InChI=1S/C19H22N2O4/c1-13-8-9-17(25-13)14(2)20-19(23)16-11-24-12-18(22)21(16)10-15-6-4-3-5-7-15/h3-9,14,16H,10-12H2,1-2H3,(H,20,23)/t14-,16-/m1/s1. The molecular weight excluding hydrogens is 320 g/mol. The van der Waals surface area contributed by atoms with Crippen molar-refractivity contribution in [2.75, 3.05) is 13.2 Å². The predicted octanol–water partition coefficient (Wildman–Crippen LogP) is 2.19. The van der Waals surface area contributed by atoms with Crippen molar-refractivity contribution in [3.63, 3.8) is 0 Å². The molecule has 1 aliphatic rings. The fraction of sp³-hybridized carbons (Fsp3) is 0.368. The van der Waals surface area contributed by atoms with Crippen LogP contribution in [0.4, 0.5) is 0 Å². The lowest BCUT2D eigenvalue weighted by atomic mass is 10.1. The van der Waals surface area contributed by atoms with Crippen LogP contribution in [0.25, 0.3) is 0 Å². The smallest absolute Gasteiger partial charge is 0.249 e. The minimum absolute atomic E-state index is 0.00352. The van der Waals surface area contributed by atoms with Gasteiger partial charge in [0, 0.05) is 6.54 Å². The normalized spacial score (nSPS) is 18.9. The van der Waals surface area contributed by atoms with E-state index in [1.54, 1.807) is 4.90 Å². The summed E-state index contributed by atoms with van der Waals surface area (Å²) in [5.41, 5.74) is 0.977. The summed E-state index contributed by atoms with van der Waals surface area (Å²) >= 11 is 0. The highest BCUT2D eigenvalue weighted by Gasteiger charge is 2.34. The molecule has 0 unspecified atom stereocenters. The van der Waals surface area contributed by atoms with Gasteiger partial charge in [-0.3, -0.25) is 9.59 Å². The van der Waals surface area contributed by atoms with Gasteiger partial charge in [-0.15, -0.1) is 0 Å². The molecule has 1 aliphatic heterocycles. The zero-order valence-electron chi connectivity index (χ0n) is 14.4. The number of benzene rings is 1. The lowest BCUT2D eigenvalue weighted by Crippen LogP contribution is -2.56. The maximum Gasteiger partial charge on any atom is 0.249 e. The summed E-state index contributed by atoms with van der Waals surface area (Å²) in [7, 11) is 0. The van der Waals surface area contributed by atoms with Gasteiger partial charge in [0.05, 0.1) is 12.6 Å². The van der Waals surface area contributed by atoms with Crippen molar-refractivity contribution in [3.8, 4) is 0 Å². The van der Waals surface area contributed by atoms with E-state index in [4.69, 9.17) is 9.15 Å². The Hall–Kier alpha value is -2.60. The maximum atomic E-state index is 12.7. The summed E-state index contributed by atoms with van der Waals surface area (Å²) in [4.78, 5) is 26.6. The molecular formula is C19H22N2O4. The van der Waals surface area contributed by atoms with E-state index in [-0.39, 0.29) is 31.1 Å². The summed E-state index contributed by atoms with van der Waals surface area (Å²) < 4.78 is 10.8. The van der Waals surface area contributed by atoms with Gasteiger partial charge in [-0.1, -0.05) is 30.3 Å². The van der Waals surface area contributed by atoms with E-state index in [1.807, 2.05) is 56.3 Å². The molecule has 0 radical (unpaired) electrons. The third-order valence-corrected chi connectivity index (χ3v) is 4.24. The minimum Gasteiger partial charge on any atom is -0.464 e. The van der Waals surface area contributed by atoms with E-state index in [2.05, 4.69) is 5.32 Å². The van der Waals surface area contributed by atoms with Crippen LogP contribution in [0.1, 0.15) is 30.0 Å². The minimum atomic E-state index is -0.653. The van der Waals surface area contributed by atoms with Crippen LogP contribution in [0.15, 0.2) is 46.9 Å². The van der Waals surface area contributed by atoms with Crippen molar-refractivity contribution in [1.29, 1.82) is 0 Å². The molecule has 2 atom stereocenters. The number of carbonyl (C=O) groups excluding carboxylic acids is 2. The van der Waals surface area contributed by atoms with Gasteiger partial charge >= 0.3 is 0 Å². The van der Waals surface area contributed by atoms with Gasteiger partial charge in [-0.2, -0.15) is 0 Å². The van der Waals surface area contributed by atoms with Crippen LogP contribution in [-0.4, -0.2) is 36.0 Å². The molecule has 0 aliphatic carbocycles. The van der Waals surface area contributed by atoms with Gasteiger partial charge in [0.2, 0.25) is 11.8 Å². The van der Waals surface area contributed by atoms with Gasteiger partial charge in [-0.05, 0) is 31.5 Å². The number of hydrogen-bond donors (Lipinski definition) is 1. The van der Waals surface area contributed by atoms with E-state index in [0.717, 1.165) is 11.3 Å². The van der Waals surface area contributed by atoms with Crippen LogP contribution in [0.3, 0.4) is 0 Å². The third-order valence-electron chi connectivity index (χ3n) is 4.24. The van der Waals surface area contributed by atoms with Gasteiger partial charge in [-0.25, -0.2) is 0 Å². The zero-order chi connectivity index (χ0) is 17.8. The molecule has 6 heteroatoms. The monoisotopic (exact) mass is 342 g/mol. The number of amides is 2. The van der Waals surface area contributed by atoms with Crippen molar-refractivity contribution in [3.05, 3.63) is 59.5 Å². The third kappa shape index (κ3) is 4.09. The molecule has 0 spiro atoms. The topological polar surface area (TPSA) is 71.8 Å². The Morgan fingerprint density at radius 2 is 2.04 bits per heavy atom. The summed E-state index contributed by atoms with van der Waals surface area (Å²) in [6, 6.07) is 12.4. The lowest BCUT2D eigenvalue weighted by molar-refractivity contribution is -0.155. The van der Waals surface area contributed by atoms with E-state index in [0.29, 0.717) is 12.3 Å². The van der Waals surface area contributed by atoms with Crippen molar-refractivity contribution in [2.45, 2.75) is 32.5 Å². The highest BCUT2D eigenvalue weighted by molar-refractivity contribution is 5.89. The molecule has 1 aromatic carbocycles. The average molecular weight is 342 g/mol. The van der Waals surface area contributed by atoms with E-state index in [9.17, 15) is 9.59 Å². The van der Waals surface area contributed by atoms with Crippen LogP contribution >= 0.6 is 0 Å². The summed E-state index contributed by atoms with van der Waals surface area (Å²) in [5, 5.41) is 2.91. The molecule has 25 heavy (non-hydrogen) atoms. The van der Waals surface area contributed by atoms with Crippen molar-refractivity contribution >= 4 is 11.8 Å². The number of ether oxygens (including phenoxy) is 1. The first kappa shape index (κ1) is 17.2. The van der Waals surface area contributed by atoms with Crippen molar-refractivity contribution in [2.24, 2.45) is 0 Å². The molecule has 3 rings (SSSR count). The quantitative estimate of drug-likeness (QED) is 0.904. The molecule has 1 aromatic heterocycles. The number of aryl methyl sites for hydroxylation is 1. The number of morpholine rings is 1. The number of nitrogens with zero attached hydrogens (tertiary/aromatic N) is 1. The summed E-state index contributed by atoms with van der Waals surface area (Å²) in [5.74, 6) is 1.05. The van der Waals surface area contributed by atoms with Gasteiger partial charge in [0.15, 0.2) is 0 Å². The first-order valence-corrected chi connectivity index (χ1v) is 8.32. The largest absolute Gasteiger partial charge is 0.464 e. The number of nitrogens with one attached hydrogen (secondary N) is 1. The molecule has 2 aromatic rings. The molecule has 132 valence electrons. The number of hydrogen-bond acceptors (Lipinski definition) is 4. The fourth-order valence-electron chi connectivity index (χ4n) is 2.87. The van der Waals surface area contributed by atoms with Gasteiger partial charge in [0.25, 0.3) is 0 Å². The first-order chi connectivity index (χ1) is 12.0. The second-order valence-corrected chi connectivity index (χ2v) is 6.22. The number of carbonyl (C=O) groups is 2. The molecule has 2 heterocycles. The van der Waals surface area contributed by atoms with Crippen LogP contribution < -0.4 is 5.32 Å². The number of rotatable bonds is 5. The van der Waals surface area contributed by atoms with Crippen molar-refractivity contribution in [1.82, 2.24) is 10.2 Å². The van der Waals surface area contributed by atoms with Crippen LogP contribution in [0.5, 0.6) is 0 Å². The van der Waals surface area contributed by atoms with E-state index in [1.165, 1.54) is 0 Å². The second kappa shape index (κ2) is 7.53. The molecule has 2 amide bonds. The Morgan fingerprint density at radius 1 is 1.28 bits per heavy atom. The van der Waals surface area contributed by atoms with Crippen LogP contribution in [-0.2, 0) is 20.9 Å². The highest BCUT2D eigenvalue weighted by atomic mass is 16.5. The molecule has 1 N–H and O–H groups in total. The fourth-order valence-corrected chi connectivity index (χ4v) is 2.87. The Bertz CT molecular complexity index is 741. The van der Waals surface area contributed by atoms with Crippen LogP contribution in [0, 0.1) is 6.92 Å². The maximum absolute atomic E-state index is 12.7. The molecule has 6 nitrogen and oxygen atoms in total. The first-order valence-electron chi connectivity index (χ1n) is 8.32. The summed E-state index contributed by atoms with van der Waals surface area (Å²) in [6.07, 6.45) is 0. The molecule has 0 saturated carbocycles. The summed E-state index contributed by atoms with van der Waals surface area (Å²) in [6.45, 7) is 4.28. The lowest BCUT2D eigenvalue weighted by Gasteiger charge is -2.35. The second-order valence-electron chi connectivity index (χ2n) is 6.22. The van der Waals surface area contributed by atoms with E-state index >= 15 is 0 Å². The SMILES string of the molecule is Cc1ccc([C@@H](C)NC(=O)[C@H]2COCC(=O)N2Cc2ccccc2)o1. The van der Waals surface area contributed by atoms with Crippen LogP contribution in [0.2, 0.25) is 0 Å². The molecule has 0 bridgehead atoms. The molecule has 1 saturated heterocycles. The Balaban J connectivity index is 1.71. The Kier molecular flexibility index (Phi) is 5.19. The Labute approximate surface area is 146 Å². The Morgan fingerprint density at radius 3 is 2.72 bits per heavy atom. The average Bonchev–Trinajstić information content (AvgIpc) is 3.04. The van der Waals surface area contributed by atoms with Crippen molar-refractivity contribution < 1.29 is 18.7 Å².